The predicted molar refractivity (Wildman–Crippen MR) is 113 cm³/mol. The van der Waals surface area contributed by atoms with Crippen molar-refractivity contribution in [2.24, 2.45) is 14.1 Å². The summed E-state index contributed by atoms with van der Waals surface area (Å²) in [7, 11) is 3.94. The van der Waals surface area contributed by atoms with Gasteiger partial charge in [-0.15, -0.1) is 4.68 Å². The zero-order valence-corrected chi connectivity index (χ0v) is 16.6. The molecule has 142 valence electrons. The van der Waals surface area contributed by atoms with Crippen LogP contribution in [-0.2, 0) is 14.1 Å². The molecule has 0 fully saturated rings. The van der Waals surface area contributed by atoms with Crippen molar-refractivity contribution in [2.45, 2.75) is 6.92 Å². The van der Waals surface area contributed by atoms with Crippen molar-refractivity contribution in [1.82, 2.24) is 24.8 Å². The molecule has 6 heteroatoms. The van der Waals surface area contributed by atoms with Crippen molar-refractivity contribution in [3.05, 3.63) is 72.9 Å². The lowest BCUT2D eigenvalue weighted by atomic mass is 9.99. The minimum atomic E-state index is 0.915. The Bertz CT molecular complexity index is 1330. The van der Waals surface area contributed by atoms with Crippen molar-refractivity contribution in [3.63, 3.8) is 0 Å². The molecule has 2 aromatic carbocycles. The quantitative estimate of drug-likeness (QED) is 0.483. The molecule has 3 heterocycles. The Balaban J connectivity index is 1.72. The molecule has 0 aliphatic rings. The van der Waals surface area contributed by atoms with E-state index >= 15 is 0 Å². The van der Waals surface area contributed by atoms with Gasteiger partial charge in [0.1, 0.15) is 12.0 Å². The largest absolute Gasteiger partial charge is 0.275 e. The van der Waals surface area contributed by atoms with Gasteiger partial charge in [0, 0.05) is 36.7 Å². The van der Waals surface area contributed by atoms with E-state index in [1.165, 1.54) is 0 Å². The van der Waals surface area contributed by atoms with E-state index in [1.807, 2.05) is 49.4 Å². The zero-order chi connectivity index (χ0) is 20.0. The summed E-state index contributed by atoms with van der Waals surface area (Å²) in [6, 6.07) is 16.7. The van der Waals surface area contributed by atoms with Gasteiger partial charge < -0.3 is 0 Å². The van der Waals surface area contributed by atoms with Gasteiger partial charge in [-0.25, -0.2) is 9.97 Å². The highest BCUT2D eigenvalue weighted by Gasteiger charge is 2.24. The van der Waals surface area contributed by atoms with Gasteiger partial charge in [0.2, 0.25) is 5.69 Å². The van der Waals surface area contributed by atoms with Crippen molar-refractivity contribution < 1.29 is 4.68 Å². The average molecular weight is 381 g/mol. The van der Waals surface area contributed by atoms with E-state index in [-0.39, 0.29) is 0 Å². The SMILES string of the molecule is Cc1c(-c2ncnc3cc(-c4cnn(C)c4)ccc23)c(-c2ccccc2)[nH][n+]1C. The second kappa shape index (κ2) is 6.67. The summed E-state index contributed by atoms with van der Waals surface area (Å²) in [6.45, 7) is 2.11. The highest BCUT2D eigenvalue weighted by Crippen LogP contribution is 2.35. The Morgan fingerprint density at radius 2 is 1.79 bits per heavy atom. The molecule has 29 heavy (non-hydrogen) atoms. The number of fused-ring (bicyclic) bond motifs is 1. The second-order valence-corrected chi connectivity index (χ2v) is 7.23. The minimum absolute atomic E-state index is 0.915. The number of rotatable bonds is 3. The summed E-state index contributed by atoms with van der Waals surface area (Å²) in [5, 5.41) is 8.78. The van der Waals surface area contributed by atoms with Crippen LogP contribution in [0.3, 0.4) is 0 Å². The Labute approximate surface area is 168 Å². The van der Waals surface area contributed by atoms with Gasteiger partial charge in [-0.05, 0) is 17.7 Å². The molecule has 6 nitrogen and oxygen atoms in total. The molecular weight excluding hydrogens is 360 g/mol. The summed E-state index contributed by atoms with van der Waals surface area (Å²) in [4.78, 5) is 9.23. The van der Waals surface area contributed by atoms with Crippen LogP contribution in [-0.4, -0.2) is 24.8 Å². The molecule has 0 saturated carbocycles. The van der Waals surface area contributed by atoms with Crippen LogP contribution in [0.5, 0.6) is 0 Å². The Kier molecular flexibility index (Phi) is 3.98. The first-order chi connectivity index (χ1) is 14.1. The van der Waals surface area contributed by atoms with Gasteiger partial charge in [0.15, 0.2) is 7.05 Å². The third-order valence-electron chi connectivity index (χ3n) is 5.37. The monoisotopic (exact) mass is 381 g/mol. The van der Waals surface area contributed by atoms with Gasteiger partial charge >= 0.3 is 0 Å². The van der Waals surface area contributed by atoms with Crippen LogP contribution in [0, 0.1) is 6.92 Å². The lowest BCUT2D eigenvalue weighted by Crippen LogP contribution is -2.32. The van der Waals surface area contributed by atoms with E-state index < -0.39 is 0 Å². The molecule has 0 spiro atoms. The molecular formula is C23H21N6+. The maximum absolute atomic E-state index is 4.68. The highest BCUT2D eigenvalue weighted by atomic mass is 15.3. The lowest BCUT2D eigenvalue weighted by molar-refractivity contribution is -0.731. The molecule has 3 aromatic heterocycles. The molecule has 5 aromatic rings. The summed E-state index contributed by atoms with van der Waals surface area (Å²) in [6.07, 6.45) is 5.52. The summed E-state index contributed by atoms with van der Waals surface area (Å²) < 4.78 is 3.84. The van der Waals surface area contributed by atoms with E-state index in [1.54, 1.807) is 11.0 Å². The Morgan fingerprint density at radius 1 is 0.966 bits per heavy atom. The van der Waals surface area contributed by atoms with Gasteiger partial charge in [-0.2, -0.15) is 10.2 Å². The fourth-order valence-electron chi connectivity index (χ4n) is 3.77. The number of hydrogen-bond acceptors (Lipinski definition) is 3. The molecule has 5 rings (SSSR count). The summed E-state index contributed by atoms with van der Waals surface area (Å²) >= 11 is 0. The lowest BCUT2D eigenvalue weighted by Gasteiger charge is -2.07. The third-order valence-corrected chi connectivity index (χ3v) is 5.37. The first-order valence-electron chi connectivity index (χ1n) is 9.50. The van der Waals surface area contributed by atoms with Crippen LogP contribution in [0.1, 0.15) is 5.69 Å². The van der Waals surface area contributed by atoms with E-state index in [2.05, 4.69) is 57.4 Å². The minimum Gasteiger partial charge on any atom is -0.275 e. The van der Waals surface area contributed by atoms with Crippen LogP contribution in [0.4, 0.5) is 0 Å². The molecule has 0 atom stereocenters. The number of aryl methyl sites for hydroxylation is 2. The number of aromatic amines is 1. The molecule has 0 amide bonds. The fourth-order valence-corrected chi connectivity index (χ4v) is 3.77. The van der Waals surface area contributed by atoms with Gasteiger partial charge in [-0.1, -0.05) is 36.4 Å². The first kappa shape index (κ1) is 17.3. The van der Waals surface area contributed by atoms with Crippen LogP contribution < -0.4 is 4.68 Å². The first-order valence-corrected chi connectivity index (χ1v) is 9.50. The van der Waals surface area contributed by atoms with Crippen molar-refractivity contribution in [3.8, 4) is 33.6 Å². The average Bonchev–Trinajstić information content (AvgIpc) is 3.31. The van der Waals surface area contributed by atoms with Crippen LogP contribution in [0.25, 0.3) is 44.5 Å². The molecule has 0 bridgehead atoms. The van der Waals surface area contributed by atoms with Gasteiger partial charge in [0.05, 0.1) is 23.0 Å². The maximum atomic E-state index is 4.68. The number of nitrogens with one attached hydrogen (secondary N) is 1. The maximum Gasteiger partial charge on any atom is 0.214 e. The van der Waals surface area contributed by atoms with Crippen molar-refractivity contribution in [2.75, 3.05) is 0 Å². The number of aromatic nitrogens is 6. The van der Waals surface area contributed by atoms with E-state index in [4.69, 9.17) is 0 Å². The van der Waals surface area contributed by atoms with Crippen molar-refractivity contribution >= 4 is 10.9 Å². The number of hydrogen-bond donors (Lipinski definition) is 1. The highest BCUT2D eigenvalue weighted by molar-refractivity contribution is 5.97. The molecule has 0 aliphatic carbocycles. The number of nitrogens with zero attached hydrogens (tertiary/aromatic N) is 5. The zero-order valence-electron chi connectivity index (χ0n) is 16.6. The molecule has 0 aliphatic heterocycles. The molecule has 0 unspecified atom stereocenters. The fraction of sp³-hybridized carbons (Fsp3) is 0.130. The smallest absolute Gasteiger partial charge is 0.214 e. The Morgan fingerprint density at radius 3 is 2.55 bits per heavy atom. The van der Waals surface area contributed by atoms with Crippen LogP contribution in [0.2, 0.25) is 0 Å². The summed E-state index contributed by atoms with van der Waals surface area (Å²) in [5.41, 5.74) is 8.42. The molecule has 0 radical (unpaired) electrons. The van der Waals surface area contributed by atoms with Gasteiger partial charge in [-0.3, -0.25) is 4.68 Å². The van der Waals surface area contributed by atoms with E-state index in [0.717, 1.165) is 50.2 Å². The van der Waals surface area contributed by atoms with E-state index in [0.29, 0.717) is 0 Å². The standard InChI is InChI=1S/C23H20N6/c1-15-21(22(27-29(15)3)16-7-5-4-6-8-16)23-19-10-9-17(11-20(19)24-14-25-23)18-12-26-28(2)13-18/h4-14H,1-3H3/p+1. The van der Waals surface area contributed by atoms with Crippen molar-refractivity contribution in [1.29, 1.82) is 0 Å². The van der Waals surface area contributed by atoms with Crippen LogP contribution >= 0.6 is 0 Å². The predicted octanol–water partition coefficient (Wildman–Crippen LogP) is 3.83. The normalized spacial score (nSPS) is 11.3. The Hall–Kier alpha value is -3.80. The summed E-state index contributed by atoms with van der Waals surface area (Å²) in [5.74, 6) is 0. The molecule has 1 N–H and O–H groups in total. The number of H-pyrrole nitrogens is 1. The van der Waals surface area contributed by atoms with Crippen LogP contribution in [0.15, 0.2) is 67.3 Å². The van der Waals surface area contributed by atoms with Gasteiger partial charge in [0.25, 0.3) is 0 Å². The third kappa shape index (κ3) is 2.89. The molecule has 0 saturated heterocycles. The topological polar surface area (TPSA) is 63.3 Å². The second-order valence-electron chi connectivity index (χ2n) is 7.23. The van der Waals surface area contributed by atoms with E-state index in [9.17, 15) is 0 Å². The number of benzene rings is 2.